The normalized spacial score (nSPS) is 35.9. The maximum atomic E-state index is 11.0. The number of nitriles is 2. The summed E-state index contributed by atoms with van der Waals surface area (Å²) in [4.78, 5) is 0.683. The molecule has 1 N–H and O–H groups in total. The molecule has 0 spiro atoms. The highest BCUT2D eigenvalue weighted by molar-refractivity contribution is 7.84. The van der Waals surface area contributed by atoms with Gasteiger partial charge in [0.1, 0.15) is 0 Å². The van der Waals surface area contributed by atoms with Gasteiger partial charge >= 0.3 is 0 Å². The Kier molecular flexibility index (Phi) is 12.8. The molecule has 2 aliphatic carbocycles. The van der Waals surface area contributed by atoms with Gasteiger partial charge in [0.2, 0.25) is 0 Å². The van der Waals surface area contributed by atoms with Crippen molar-refractivity contribution in [1.29, 1.82) is 10.5 Å². The molecule has 50 heavy (non-hydrogen) atoms. The second kappa shape index (κ2) is 15.4. The molecule has 0 radical (unpaired) electrons. The molecule has 5 nitrogen and oxygen atoms in total. The fourth-order valence-electron chi connectivity index (χ4n) is 12.0. The largest absolute Gasteiger partial charge is 0.396 e. The first-order valence-corrected chi connectivity index (χ1v) is 20.5. The van der Waals surface area contributed by atoms with E-state index in [2.05, 4.69) is 114 Å². The molecule has 12 atom stereocenters. The Hall–Kier alpha value is -1.05. The van der Waals surface area contributed by atoms with Gasteiger partial charge in [-0.15, -0.1) is 12.6 Å². The monoisotopic (exact) mass is 711 g/mol. The molecule has 0 bridgehead atoms. The van der Waals surface area contributed by atoms with E-state index < -0.39 is 0 Å². The number of aliphatic hydroxyl groups is 1. The molecular formula is C44H74N2O3S. The predicted octanol–water partition coefficient (Wildman–Crippen LogP) is 10.7. The van der Waals surface area contributed by atoms with E-state index in [1.165, 1.54) is 19.3 Å². The highest BCUT2D eigenvalue weighted by Gasteiger charge is 2.59. The average molecular weight is 711 g/mol. The lowest BCUT2D eigenvalue weighted by atomic mass is 9.51. The Labute approximate surface area is 313 Å². The van der Waals surface area contributed by atoms with Crippen molar-refractivity contribution in [3.8, 4) is 12.1 Å². The zero-order chi connectivity index (χ0) is 37.6. The van der Waals surface area contributed by atoms with Crippen molar-refractivity contribution >= 4 is 12.6 Å². The van der Waals surface area contributed by atoms with Crippen LogP contribution in [0.3, 0.4) is 0 Å². The molecule has 2 heterocycles. The van der Waals surface area contributed by atoms with Crippen molar-refractivity contribution in [3.63, 3.8) is 0 Å². The van der Waals surface area contributed by atoms with Gasteiger partial charge in [-0.1, -0.05) is 96.1 Å². The first-order chi connectivity index (χ1) is 23.1. The zero-order valence-corrected chi connectivity index (χ0v) is 34.9. The molecule has 4 fully saturated rings. The van der Waals surface area contributed by atoms with Crippen LogP contribution in [0.2, 0.25) is 0 Å². The van der Waals surface area contributed by atoms with Gasteiger partial charge in [-0.2, -0.15) is 10.5 Å². The highest BCUT2D eigenvalue weighted by Crippen LogP contribution is 2.64. The first kappa shape index (κ1) is 41.7. The van der Waals surface area contributed by atoms with Gasteiger partial charge in [-0.05, 0) is 118 Å². The third-order valence-electron chi connectivity index (χ3n) is 16.0. The van der Waals surface area contributed by atoms with Crippen molar-refractivity contribution in [1.82, 2.24) is 0 Å². The van der Waals surface area contributed by atoms with Crippen LogP contribution in [-0.2, 0) is 9.47 Å². The van der Waals surface area contributed by atoms with E-state index >= 15 is 0 Å². The number of rotatable bonds is 14. The number of fused-ring (bicyclic) bond motifs is 1. The molecule has 0 aromatic rings. The predicted molar refractivity (Wildman–Crippen MR) is 208 cm³/mol. The molecule has 6 heteroatoms. The molecule has 0 aromatic carbocycles. The molecule has 2 saturated heterocycles. The first-order valence-electron chi connectivity index (χ1n) is 20.1. The molecule has 0 aromatic heterocycles. The Morgan fingerprint density at radius 1 is 0.880 bits per heavy atom. The average Bonchev–Trinajstić information content (AvgIpc) is 3.78. The van der Waals surface area contributed by atoms with Crippen LogP contribution in [0.15, 0.2) is 11.5 Å². The second-order valence-corrected chi connectivity index (χ2v) is 21.6. The third kappa shape index (κ3) is 7.91. The SMILES string of the molecule is C=C(S)C1COC(C(CC#N)CC(C)(C)C(C)(C)C2C(CO)CC(CC)C2CC(C)(C)C(C)(C)C2CCC3C(CC(C)(C)C)COC32)C1C#N. The topological polar surface area (TPSA) is 86.3 Å². The van der Waals surface area contributed by atoms with Gasteiger partial charge in [0.25, 0.3) is 0 Å². The fraction of sp³-hybridized carbons (Fsp3) is 0.909. The fourth-order valence-corrected chi connectivity index (χ4v) is 12.2. The number of thiol groups is 1. The summed E-state index contributed by atoms with van der Waals surface area (Å²) in [7, 11) is 0. The van der Waals surface area contributed by atoms with E-state index in [0.717, 1.165) is 32.3 Å². The number of hydrogen-bond acceptors (Lipinski definition) is 6. The van der Waals surface area contributed by atoms with E-state index in [0.29, 0.717) is 65.0 Å². The smallest absolute Gasteiger partial charge is 0.0823 e. The Bertz CT molecular complexity index is 1270. The van der Waals surface area contributed by atoms with Crippen LogP contribution in [0.1, 0.15) is 134 Å². The van der Waals surface area contributed by atoms with Crippen LogP contribution >= 0.6 is 12.6 Å². The standard InChI is InChI=1S/C44H74N2O3S/c1-14-28-19-30(24-47)37(44(12,13)41(6,7)21-29(17-18-45)38-34(23-46)35(26-49-38)27(2)50)33(28)22-42(8,9)43(10,11)36-16-15-32-31(20-40(3,4)5)25-48-39(32)36/h28-39,47,50H,2,14-17,19-22,24-26H2,1,3-13H3. The third-order valence-corrected chi connectivity index (χ3v) is 16.3. The van der Waals surface area contributed by atoms with E-state index in [1.807, 2.05) is 0 Å². The van der Waals surface area contributed by atoms with Crippen LogP contribution in [0, 0.1) is 109 Å². The lowest BCUT2D eigenvalue weighted by Crippen LogP contribution is -2.49. The quantitative estimate of drug-likeness (QED) is 0.175. The van der Waals surface area contributed by atoms with E-state index in [1.54, 1.807) is 0 Å². The van der Waals surface area contributed by atoms with Crippen molar-refractivity contribution in [3.05, 3.63) is 11.5 Å². The molecular weight excluding hydrogens is 637 g/mol. The second-order valence-electron chi connectivity index (χ2n) is 21.0. The number of hydrogen-bond donors (Lipinski definition) is 2. The summed E-state index contributed by atoms with van der Waals surface area (Å²) in [5.41, 5.74) is 0.186. The van der Waals surface area contributed by atoms with Gasteiger partial charge in [-0.3, -0.25) is 0 Å². The maximum Gasteiger partial charge on any atom is 0.0823 e. The Morgan fingerprint density at radius 2 is 1.54 bits per heavy atom. The summed E-state index contributed by atoms with van der Waals surface area (Å²) >= 11 is 4.50. The number of aliphatic hydroxyl groups excluding tert-OH is 1. The summed E-state index contributed by atoms with van der Waals surface area (Å²) in [6.07, 6.45) is 8.31. The summed E-state index contributed by atoms with van der Waals surface area (Å²) < 4.78 is 13.0. The number of nitrogens with zero attached hydrogens (tertiary/aromatic N) is 2. The van der Waals surface area contributed by atoms with Crippen molar-refractivity contribution in [2.24, 2.45) is 86.3 Å². The van der Waals surface area contributed by atoms with Gasteiger partial charge < -0.3 is 14.6 Å². The minimum atomic E-state index is -0.350. The Balaban J connectivity index is 1.61. The lowest BCUT2D eigenvalue weighted by molar-refractivity contribution is -0.0799. The van der Waals surface area contributed by atoms with Crippen LogP contribution in [0.25, 0.3) is 0 Å². The summed E-state index contributed by atoms with van der Waals surface area (Å²) in [6, 6.07) is 4.95. The van der Waals surface area contributed by atoms with Crippen LogP contribution in [-0.4, -0.2) is 37.1 Å². The minimum Gasteiger partial charge on any atom is -0.396 e. The van der Waals surface area contributed by atoms with Gasteiger partial charge in [0.15, 0.2) is 0 Å². The molecule has 284 valence electrons. The van der Waals surface area contributed by atoms with Crippen molar-refractivity contribution in [2.75, 3.05) is 19.8 Å². The summed E-state index contributed by atoms with van der Waals surface area (Å²) in [6.45, 7) is 34.8. The van der Waals surface area contributed by atoms with E-state index in [4.69, 9.17) is 9.47 Å². The maximum absolute atomic E-state index is 11.0. The Morgan fingerprint density at radius 3 is 2.08 bits per heavy atom. The molecule has 4 rings (SSSR count). The van der Waals surface area contributed by atoms with Crippen LogP contribution in [0.4, 0.5) is 0 Å². The molecule has 2 aliphatic heterocycles. The van der Waals surface area contributed by atoms with E-state index in [-0.39, 0.29) is 58.0 Å². The van der Waals surface area contributed by atoms with Crippen LogP contribution < -0.4 is 0 Å². The van der Waals surface area contributed by atoms with Gasteiger partial charge in [-0.25, -0.2) is 0 Å². The van der Waals surface area contributed by atoms with Crippen LogP contribution in [0.5, 0.6) is 0 Å². The molecule has 4 aliphatic rings. The van der Waals surface area contributed by atoms with Gasteiger partial charge in [0.05, 0.1) is 43.5 Å². The van der Waals surface area contributed by atoms with Crippen molar-refractivity contribution in [2.45, 2.75) is 147 Å². The van der Waals surface area contributed by atoms with Gasteiger partial charge in [0, 0.05) is 18.9 Å². The van der Waals surface area contributed by atoms with E-state index in [9.17, 15) is 15.6 Å². The van der Waals surface area contributed by atoms with Crippen molar-refractivity contribution < 1.29 is 14.6 Å². The summed E-state index contributed by atoms with van der Waals surface area (Å²) in [5.74, 6) is 3.00. The summed E-state index contributed by atoms with van der Waals surface area (Å²) in [5, 5.41) is 31.2. The zero-order valence-electron chi connectivity index (χ0n) is 34.0. The molecule has 12 unspecified atom stereocenters. The number of ether oxygens (including phenoxy) is 2. The lowest BCUT2D eigenvalue weighted by Gasteiger charge is -2.54. The minimum absolute atomic E-state index is 0.0646. The molecule has 0 amide bonds. The molecule has 2 saturated carbocycles. The highest BCUT2D eigenvalue weighted by atomic mass is 32.1.